The number of benzene rings is 1. The van der Waals surface area contributed by atoms with Gasteiger partial charge in [-0.15, -0.1) is 0 Å². The van der Waals surface area contributed by atoms with Gasteiger partial charge in [-0.2, -0.15) is 0 Å². The highest BCUT2D eigenvalue weighted by atomic mass is 16.6. The van der Waals surface area contributed by atoms with Gasteiger partial charge in [-0.25, -0.2) is 4.79 Å². The molecule has 1 rings (SSSR count). The van der Waals surface area contributed by atoms with E-state index in [4.69, 9.17) is 10.6 Å². The normalized spacial score (nSPS) is 9.39. The number of hydrogen-bond acceptors (Lipinski definition) is 4. The summed E-state index contributed by atoms with van der Waals surface area (Å²) in [4.78, 5) is 34.5. The molecule has 0 aliphatic carbocycles. The van der Waals surface area contributed by atoms with Gasteiger partial charge in [0, 0.05) is 10.5 Å². The van der Waals surface area contributed by atoms with E-state index in [2.05, 4.69) is 10.0 Å². The molecule has 92 valence electrons. The molecule has 9 nitrogen and oxygen atoms in total. The molecule has 1 amide bonds. The average molecular weight is 250 g/mol. The van der Waals surface area contributed by atoms with Gasteiger partial charge in [0.25, 0.3) is 11.6 Å². The molecule has 1 aromatic carbocycles. The lowest BCUT2D eigenvalue weighted by Gasteiger charge is -2.05. The fourth-order valence-electron chi connectivity index (χ4n) is 1.42. The molecule has 0 fully saturated rings. The third kappa shape index (κ3) is 2.25. The molecule has 0 spiro atoms. The van der Waals surface area contributed by atoms with Gasteiger partial charge in [0.05, 0.1) is 10.5 Å². The van der Waals surface area contributed by atoms with E-state index >= 15 is 0 Å². The number of azide groups is 1. The number of carbonyl (C=O) groups is 2. The Hall–Kier alpha value is -2.93. The lowest BCUT2D eigenvalue weighted by atomic mass is 10.0. The van der Waals surface area contributed by atoms with Crippen LogP contribution in [0, 0.1) is 17.0 Å². The highest BCUT2D eigenvalue weighted by Gasteiger charge is 2.28. The van der Waals surface area contributed by atoms with Crippen molar-refractivity contribution in [3.05, 3.63) is 49.4 Å². The largest absolute Gasteiger partial charge is 0.478 e. The Morgan fingerprint density at radius 2 is 2.11 bits per heavy atom. The lowest BCUT2D eigenvalue weighted by Crippen LogP contribution is -2.11. The monoisotopic (exact) mass is 250 g/mol. The van der Waals surface area contributed by atoms with Crippen molar-refractivity contribution < 1.29 is 19.6 Å². The Morgan fingerprint density at radius 3 is 2.56 bits per heavy atom. The fraction of sp³-hybridized carbons (Fsp3) is 0.111. The summed E-state index contributed by atoms with van der Waals surface area (Å²) in [5, 5.41) is 22.4. The molecule has 0 saturated heterocycles. The van der Waals surface area contributed by atoms with Gasteiger partial charge in [0.15, 0.2) is 0 Å². The number of carbonyl (C=O) groups excluding carboxylic acids is 1. The third-order valence-electron chi connectivity index (χ3n) is 2.14. The topological polar surface area (TPSA) is 146 Å². The molecule has 1 aromatic rings. The molecular formula is C9H6N4O5. The van der Waals surface area contributed by atoms with Gasteiger partial charge in [-0.1, -0.05) is 6.07 Å². The van der Waals surface area contributed by atoms with Crippen molar-refractivity contribution in [1.29, 1.82) is 0 Å². The van der Waals surface area contributed by atoms with E-state index < -0.39 is 33.6 Å². The molecule has 9 heteroatoms. The van der Waals surface area contributed by atoms with Crippen molar-refractivity contribution in [2.45, 2.75) is 6.92 Å². The Labute approximate surface area is 99.4 Å². The van der Waals surface area contributed by atoms with E-state index in [-0.39, 0.29) is 5.56 Å². The van der Waals surface area contributed by atoms with Gasteiger partial charge in [-0.05, 0) is 23.6 Å². The van der Waals surface area contributed by atoms with Crippen LogP contribution in [0.25, 0.3) is 10.4 Å². The first kappa shape index (κ1) is 13.1. The summed E-state index contributed by atoms with van der Waals surface area (Å²) in [6.45, 7) is 1.34. The number of hydrogen-bond donors (Lipinski definition) is 1. The maximum Gasteiger partial charge on any atom is 0.336 e. The molecule has 0 bridgehead atoms. The SMILES string of the molecule is Cc1ccc(C(=O)O)c(C(=O)N=[N+]=[N-])c1[N+](=O)[O-]. The van der Waals surface area contributed by atoms with Crippen LogP contribution in [0.4, 0.5) is 5.69 Å². The Kier molecular flexibility index (Phi) is 3.60. The maximum absolute atomic E-state index is 11.5. The van der Waals surface area contributed by atoms with Crippen LogP contribution in [-0.2, 0) is 0 Å². The minimum Gasteiger partial charge on any atom is -0.478 e. The predicted octanol–water partition coefficient (Wildman–Crippen LogP) is 2.05. The zero-order valence-electron chi connectivity index (χ0n) is 9.02. The third-order valence-corrected chi connectivity index (χ3v) is 2.14. The van der Waals surface area contributed by atoms with Crippen molar-refractivity contribution in [2.75, 3.05) is 0 Å². The molecule has 0 unspecified atom stereocenters. The van der Waals surface area contributed by atoms with Crippen LogP contribution in [0.1, 0.15) is 26.3 Å². The molecule has 0 aromatic heterocycles. The summed E-state index contributed by atoms with van der Waals surface area (Å²) in [5.74, 6) is -2.82. The van der Waals surface area contributed by atoms with Crippen molar-refractivity contribution in [3.8, 4) is 0 Å². The van der Waals surface area contributed by atoms with Gasteiger partial charge in [-0.3, -0.25) is 14.9 Å². The quantitative estimate of drug-likeness (QED) is 0.286. The zero-order valence-corrected chi connectivity index (χ0v) is 9.02. The minimum absolute atomic E-state index is 0.0986. The molecule has 1 N–H and O–H groups in total. The zero-order chi connectivity index (χ0) is 13.9. The number of carboxylic acids is 1. The minimum atomic E-state index is -1.52. The number of nitro benzene ring substituents is 1. The van der Waals surface area contributed by atoms with Crippen LogP contribution < -0.4 is 0 Å². The standard InChI is InChI=1S/C9H6N4O5/c1-4-2-3-5(9(15)16)6(7(4)13(17)18)8(14)11-12-10/h2-3H,1H3,(H,15,16). The summed E-state index contributed by atoms with van der Waals surface area (Å²) >= 11 is 0. The van der Waals surface area contributed by atoms with Crippen LogP contribution in [0.15, 0.2) is 17.2 Å². The number of nitro groups is 1. The fourth-order valence-corrected chi connectivity index (χ4v) is 1.42. The summed E-state index contributed by atoms with van der Waals surface area (Å²) in [7, 11) is 0. The first-order chi connectivity index (χ1) is 8.40. The number of amides is 1. The summed E-state index contributed by atoms with van der Waals surface area (Å²) in [6, 6.07) is 2.25. The van der Waals surface area contributed by atoms with Crippen LogP contribution in [0.5, 0.6) is 0 Å². The molecule has 0 atom stereocenters. The van der Waals surface area contributed by atoms with E-state index in [9.17, 15) is 19.7 Å². The van der Waals surface area contributed by atoms with E-state index in [0.717, 1.165) is 6.07 Å². The van der Waals surface area contributed by atoms with Crippen LogP contribution in [-0.4, -0.2) is 21.9 Å². The number of rotatable bonds is 3. The first-order valence-electron chi connectivity index (χ1n) is 4.50. The number of nitrogens with zero attached hydrogens (tertiary/aromatic N) is 4. The lowest BCUT2D eigenvalue weighted by molar-refractivity contribution is -0.385. The second kappa shape index (κ2) is 4.93. The van der Waals surface area contributed by atoms with Crippen molar-refractivity contribution in [3.63, 3.8) is 0 Å². The van der Waals surface area contributed by atoms with E-state index in [1.54, 1.807) is 0 Å². The summed E-state index contributed by atoms with van der Waals surface area (Å²) in [6.07, 6.45) is 0. The Balaban J connectivity index is 3.74. The maximum atomic E-state index is 11.5. The number of aromatic carboxylic acids is 1. The summed E-state index contributed by atoms with van der Waals surface area (Å²) < 4.78 is 0. The van der Waals surface area contributed by atoms with Crippen LogP contribution in [0.2, 0.25) is 0 Å². The molecular weight excluding hydrogens is 244 g/mol. The molecule has 0 saturated carbocycles. The highest BCUT2D eigenvalue weighted by Crippen LogP contribution is 2.27. The van der Waals surface area contributed by atoms with Crippen molar-refractivity contribution in [1.82, 2.24) is 0 Å². The van der Waals surface area contributed by atoms with E-state index in [1.807, 2.05) is 0 Å². The highest BCUT2D eigenvalue weighted by molar-refractivity contribution is 6.08. The molecule has 0 radical (unpaired) electrons. The molecule has 0 aliphatic heterocycles. The van der Waals surface area contributed by atoms with Crippen LogP contribution >= 0.6 is 0 Å². The molecule has 0 heterocycles. The van der Waals surface area contributed by atoms with Gasteiger partial charge in [0.2, 0.25) is 0 Å². The van der Waals surface area contributed by atoms with Crippen LogP contribution in [0.3, 0.4) is 0 Å². The average Bonchev–Trinajstić information content (AvgIpc) is 2.27. The first-order valence-corrected chi connectivity index (χ1v) is 4.50. The van der Waals surface area contributed by atoms with Crippen molar-refractivity contribution in [2.24, 2.45) is 5.11 Å². The smallest absolute Gasteiger partial charge is 0.336 e. The van der Waals surface area contributed by atoms with E-state index in [0.29, 0.717) is 0 Å². The number of aryl methyl sites for hydroxylation is 1. The molecule has 18 heavy (non-hydrogen) atoms. The van der Waals surface area contributed by atoms with Crippen molar-refractivity contribution >= 4 is 17.6 Å². The Morgan fingerprint density at radius 1 is 1.50 bits per heavy atom. The van der Waals surface area contributed by atoms with E-state index in [1.165, 1.54) is 13.0 Å². The second-order valence-electron chi connectivity index (χ2n) is 3.21. The van der Waals surface area contributed by atoms with Gasteiger partial charge >= 0.3 is 5.97 Å². The summed E-state index contributed by atoms with van der Waals surface area (Å²) in [5.41, 5.74) is 6.28. The second-order valence-corrected chi connectivity index (χ2v) is 3.21. The molecule has 0 aliphatic rings. The predicted molar refractivity (Wildman–Crippen MR) is 58.3 cm³/mol. The van der Waals surface area contributed by atoms with Gasteiger partial charge < -0.3 is 5.11 Å². The Bertz CT molecular complexity index is 603. The number of carboxylic acid groups (broad SMARTS) is 1. The van der Waals surface area contributed by atoms with Gasteiger partial charge in [0.1, 0.15) is 5.56 Å².